The fourth-order valence-electron chi connectivity index (χ4n) is 1.65. The van der Waals surface area contributed by atoms with Gasteiger partial charge in [0.2, 0.25) is 5.82 Å². The average molecular weight is 298 g/mol. The second kappa shape index (κ2) is 6.59. The average Bonchev–Trinajstić information content (AvgIpc) is 2.37. The van der Waals surface area contributed by atoms with Crippen LogP contribution in [0.5, 0.6) is 0 Å². The van der Waals surface area contributed by atoms with Gasteiger partial charge in [0.25, 0.3) is 5.69 Å². The fraction of sp³-hybridized carbons (Fsp3) is 0.455. The maximum Gasteiger partial charge on any atom is 0.326 e. The van der Waals surface area contributed by atoms with Crippen LogP contribution in [0.3, 0.4) is 0 Å². The molecule has 10 nitrogen and oxygen atoms in total. The number of carboxylic acid groups (broad SMARTS) is 1. The Balaban J connectivity index is 3.13. The molecule has 2 N–H and O–H groups in total. The maximum atomic E-state index is 11.1. The van der Waals surface area contributed by atoms with Crippen molar-refractivity contribution in [2.45, 2.75) is 26.3 Å². The Bertz CT molecular complexity index is 574. The van der Waals surface area contributed by atoms with Crippen LogP contribution < -0.4 is 5.32 Å². The number of nitrogens with one attached hydrogen (secondary N) is 1. The first-order chi connectivity index (χ1) is 9.72. The van der Waals surface area contributed by atoms with Gasteiger partial charge in [0, 0.05) is 0 Å². The van der Waals surface area contributed by atoms with Crippen LogP contribution in [0.4, 0.5) is 17.2 Å². The molecule has 114 valence electrons. The molecule has 1 atom stereocenters. The van der Waals surface area contributed by atoms with E-state index >= 15 is 0 Å². The monoisotopic (exact) mass is 298 g/mol. The lowest BCUT2D eigenvalue weighted by molar-refractivity contribution is -0.394. The molecule has 1 aromatic heterocycles. The minimum atomic E-state index is -1.18. The molecule has 0 radical (unpaired) electrons. The van der Waals surface area contributed by atoms with Gasteiger partial charge in [-0.05, 0) is 12.3 Å². The van der Waals surface area contributed by atoms with Gasteiger partial charge in [0.15, 0.2) is 0 Å². The van der Waals surface area contributed by atoms with Crippen molar-refractivity contribution in [2.24, 2.45) is 5.92 Å². The van der Waals surface area contributed by atoms with E-state index in [4.69, 9.17) is 5.11 Å². The Hall–Kier alpha value is -2.78. The van der Waals surface area contributed by atoms with Crippen LogP contribution in [-0.4, -0.2) is 31.9 Å². The van der Waals surface area contributed by atoms with Gasteiger partial charge < -0.3 is 10.4 Å². The molecule has 1 aromatic rings. The molecule has 0 aromatic carbocycles. The molecular weight excluding hydrogens is 284 g/mol. The van der Waals surface area contributed by atoms with Crippen LogP contribution >= 0.6 is 0 Å². The molecule has 1 rings (SSSR count). The predicted molar refractivity (Wildman–Crippen MR) is 72.0 cm³/mol. The zero-order valence-corrected chi connectivity index (χ0v) is 11.3. The van der Waals surface area contributed by atoms with Crippen molar-refractivity contribution in [2.75, 3.05) is 5.32 Å². The second-order valence-electron chi connectivity index (χ2n) is 4.74. The lowest BCUT2D eigenvalue weighted by Crippen LogP contribution is -2.31. The van der Waals surface area contributed by atoms with Crippen LogP contribution in [0.25, 0.3) is 0 Å². The van der Waals surface area contributed by atoms with Crippen LogP contribution in [0, 0.1) is 26.1 Å². The minimum absolute atomic E-state index is 0.0377. The second-order valence-corrected chi connectivity index (χ2v) is 4.74. The number of nitro groups is 2. The lowest BCUT2D eigenvalue weighted by Gasteiger charge is -2.16. The van der Waals surface area contributed by atoms with Crippen molar-refractivity contribution in [1.82, 2.24) is 4.98 Å². The summed E-state index contributed by atoms with van der Waals surface area (Å²) in [6.07, 6.45) is 1.06. The molecule has 0 aliphatic carbocycles. The third-order valence-electron chi connectivity index (χ3n) is 2.58. The smallest absolute Gasteiger partial charge is 0.326 e. The third kappa shape index (κ3) is 4.37. The van der Waals surface area contributed by atoms with Crippen molar-refractivity contribution in [3.05, 3.63) is 32.5 Å². The number of hydrogen-bond acceptors (Lipinski definition) is 7. The summed E-state index contributed by atoms with van der Waals surface area (Å²) < 4.78 is 0. The molecular formula is C11H14N4O6. The lowest BCUT2D eigenvalue weighted by atomic mass is 10.0. The van der Waals surface area contributed by atoms with E-state index in [0.717, 1.165) is 12.3 Å². The Morgan fingerprint density at radius 3 is 2.43 bits per heavy atom. The standard InChI is InChI=1S/C11H14N4O6/c1-6(2)3-8(11(16)17)13-10-9(15(20)21)4-7(5-12-10)14(18)19/h4-6,8H,3H2,1-2H3,(H,12,13)(H,16,17)/t8-/m1/s1. The van der Waals surface area contributed by atoms with Crippen LogP contribution in [-0.2, 0) is 4.79 Å². The molecule has 0 spiro atoms. The molecule has 0 amide bonds. The zero-order valence-electron chi connectivity index (χ0n) is 11.3. The van der Waals surface area contributed by atoms with Crippen molar-refractivity contribution in [1.29, 1.82) is 0 Å². The summed E-state index contributed by atoms with van der Waals surface area (Å²) in [7, 11) is 0. The van der Waals surface area contributed by atoms with Gasteiger partial charge in [-0.3, -0.25) is 20.2 Å². The van der Waals surface area contributed by atoms with Gasteiger partial charge >= 0.3 is 11.7 Å². The number of hydrogen-bond donors (Lipinski definition) is 2. The van der Waals surface area contributed by atoms with E-state index in [0.29, 0.717) is 0 Å². The summed E-state index contributed by atoms with van der Waals surface area (Å²) in [5.74, 6) is -1.45. The summed E-state index contributed by atoms with van der Waals surface area (Å²) in [6, 6.07) is -0.332. The number of carboxylic acids is 1. The highest BCUT2D eigenvalue weighted by Crippen LogP contribution is 2.27. The van der Waals surface area contributed by atoms with Crippen molar-refractivity contribution < 1.29 is 19.7 Å². The first kappa shape index (κ1) is 16.3. The first-order valence-electron chi connectivity index (χ1n) is 6.00. The highest BCUT2D eigenvalue weighted by Gasteiger charge is 2.26. The highest BCUT2D eigenvalue weighted by atomic mass is 16.6. The molecule has 1 heterocycles. The van der Waals surface area contributed by atoms with Crippen molar-refractivity contribution >= 4 is 23.2 Å². The van der Waals surface area contributed by atoms with Gasteiger partial charge in [-0.1, -0.05) is 13.8 Å². The Labute approximate surface area is 119 Å². The van der Waals surface area contributed by atoms with E-state index in [-0.39, 0.29) is 18.2 Å². The summed E-state index contributed by atoms with van der Waals surface area (Å²) in [6.45, 7) is 3.60. The maximum absolute atomic E-state index is 11.1. The molecule has 0 aliphatic heterocycles. The number of nitrogens with zero attached hydrogens (tertiary/aromatic N) is 3. The van der Waals surface area contributed by atoms with E-state index in [2.05, 4.69) is 10.3 Å². The molecule has 0 saturated carbocycles. The molecule has 0 aliphatic rings. The highest BCUT2D eigenvalue weighted by molar-refractivity contribution is 5.78. The summed E-state index contributed by atoms with van der Waals surface area (Å²) in [4.78, 5) is 34.6. The van der Waals surface area contributed by atoms with E-state index in [9.17, 15) is 25.0 Å². The molecule has 0 unspecified atom stereocenters. The number of carbonyl (C=O) groups is 1. The van der Waals surface area contributed by atoms with Gasteiger partial charge in [0.1, 0.15) is 12.2 Å². The van der Waals surface area contributed by atoms with Crippen LogP contribution in [0.2, 0.25) is 0 Å². The van der Waals surface area contributed by atoms with E-state index in [1.807, 2.05) is 0 Å². The minimum Gasteiger partial charge on any atom is -0.480 e. The van der Waals surface area contributed by atoms with Crippen molar-refractivity contribution in [3.63, 3.8) is 0 Å². The number of rotatable bonds is 7. The number of aliphatic carboxylic acids is 1. The van der Waals surface area contributed by atoms with Crippen molar-refractivity contribution in [3.8, 4) is 0 Å². The van der Waals surface area contributed by atoms with Crippen LogP contribution in [0.15, 0.2) is 12.3 Å². The Morgan fingerprint density at radius 1 is 1.38 bits per heavy atom. The summed E-state index contributed by atoms with van der Waals surface area (Å²) >= 11 is 0. The largest absolute Gasteiger partial charge is 0.480 e. The van der Waals surface area contributed by atoms with E-state index in [1.165, 1.54) is 0 Å². The van der Waals surface area contributed by atoms with E-state index < -0.39 is 33.2 Å². The predicted octanol–water partition coefficient (Wildman–Crippen LogP) is 1.81. The Morgan fingerprint density at radius 2 is 2.00 bits per heavy atom. The number of anilines is 1. The topological polar surface area (TPSA) is 148 Å². The first-order valence-corrected chi connectivity index (χ1v) is 6.00. The summed E-state index contributed by atoms with van der Waals surface area (Å²) in [5.41, 5.74) is -1.18. The van der Waals surface area contributed by atoms with Gasteiger partial charge in [-0.25, -0.2) is 9.78 Å². The molecule has 21 heavy (non-hydrogen) atoms. The van der Waals surface area contributed by atoms with Crippen LogP contribution in [0.1, 0.15) is 20.3 Å². The SMILES string of the molecule is CC(C)C[C@@H](Nc1ncc([N+](=O)[O-])cc1[N+](=O)[O-])C(=O)O. The normalized spacial score (nSPS) is 12.0. The molecule has 0 bridgehead atoms. The van der Waals surface area contributed by atoms with Gasteiger partial charge in [-0.2, -0.15) is 0 Å². The quantitative estimate of drug-likeness (QED) is 0.571. The number of aromatic nitrogens is 1. The van der Waals surface area contributed by atoms with Gasteiger partial charge in [-0.15, -0.1) is 0 Å². The van der Waals surface area contributed by atoms with Gasteiger partial charge in [0.05, 0.1) is 15.9 Å². The zero-order chi connectivity index (χ0) is 16.2. The molecule has 0 fully saturated rings. The van der Waals surface area contributed by atoms with E-state index in [1.54, 1.807) is 13.8 Å². The summed E-state index contributed by atoms with van der Waals surface area (Å²) in [5, 5.41) is 33.1. The fourth-order valence-corrected chi connectivity index (χ4v) is 1.65. The Kier molecular flexibility index (Phi) is 5.11. The molecule has 0 saturated heterocycles. The third-order valence-corrected chi connectivity index (χ3v) is 2.58. The molecule has 10 heteroatoms. The number of pyridine rings is 1.